The minimum absolute atomic E-state index is 0.00993. The Bertz CT molecular complexity index is 840. The highest BCUT2D eigenvalue weighted by Crippen LogP contribution is 2.63. The van der Waals surface area contributed by atoms with Gasteiger partial charge in [0.1, 0.15) is 6.10 Å². The van der Waals surface area contributed by atoms with Crippen LogP contribution >= 0.6 is 0 Å². The average molecular weight is 430 g/mol. The summed E-state index contributed by atoms with van der Waals surface area (Å²) in [7, 11) is 0. The number of nitrogens with zero attached hydrogens (tertiary/aromatic N) is 1. The summed E-state index contributed by atoms with van der Waals surface area (Å²) in [5, 5.41) is 22.4. The van der Waals surface area contributed by atoms with Crippen LogP contribution in [0.4, 0.5) is 0 Å². The lowest BCUT2D eigenvalue weighted by Gasteiger charge is -2.59. The molecule has 4 heteroatoms. The highest BCUT2D eigenvalue weighted by molar-refractivity contribution is 5.58. The van der Waals surface area contributed by atoms with Crippen LogP contribution in [0.15, 0.2) is 12.1 Å². The number of piperidine rings is 1. The third-order valence-corrected chi connectivity index (χ3v) is 9.23. The number of likely N-dealkylation sites (tertiary alicyclic amines) is 1. The molecule has 31 heavy (non-hydrogen) atoms. The molecular formula is C27H43NO3. The molecule has 0 bridgehead atoms. The molecule has 2 fully saturated rings. The van der Waals surface area contributed by atoms with Crippen molar-refractivity contribution in [3.05, 3.63) is 23.3 Å². The van der Waals surface area contributed by atoms with Gasteiger partial charge >= 0.3 is 0 Å². The van der Waals surface area contributed by atoms with Crippen molar-refractivity contribution in [3.63, 3.8) is 0 Å². The minimum Gasteiger partial charge on any atom is -0.504 e. The Kier molecular flexibility index (Phi) is 5.46. The van der Waals surface area contributed by atoms with Gasteiger partial charge in [0.05, 0.1) is 5.60 Å². The molecule has 3 unspecified atom stereocenters. The van der Waals surface area contributed by atoms with Gasteiger partial charge < -0.3 is 19.8 Å². The van der Waals surface area contributed by atoms with E-state index in [-0.39, 0.29) is 28.6 Å². The molecule has 1 saturated carbocycles. The zero-order valence-electron chi connectivity index (χ0n) is 20.8. The van der Waals surface area contributed by atoms with E-state index in [0.29, 0.717) is 23.6 Å². The third-order valence-electron chi connectivity index (χ3n) is 9.23. The number of aliphatic hydroxyl groups is 1. The Labute approximate surface area is 189 Å². The van der Waals surface area contributed by atoms with Crippen LogP contribution in [-0.2, 0) is 5.41 Å². The maximum atomic E-state index is 11.7. The quantitative estimate of drug-likeness (QED) is 0.687. The van der Waals surface area contributed by atoms with E-state index in [9.17, 15) is 10.2 Å². The molecule has 0 radical (unpaired) electrons. The fourth-order valence-corrected chi connectivity index (χ4v) is 7.01. The number of benzene rings is 1. The molecule has 1 aromatic carbocycles. The van der Waals surface area contributed by atoms with Crippen molar-refractivity contribution in [1.82, 2.24) is 4.90 Å². The lowest BCUT2D eigenvalue weighted by molar-refractivity contribution is -0.145. The van der Waals surface area contributed by atoms with Crippen molar-refractivity contribution < 1.29 is 14.9 Å². The molecule has 3 aliphatic rings. The molecule has 1 aliphatic carbocycles. The fourth-order valence-electron chi connectivity index (χ4n) is 7.01. The van der Waals surface area contributed by atoms with E-state index in [1.807, 2.05) is 13.0 Å². The van der Waals surface area contributed by atoms with Gasteiger partial charge in [-0.15, -0.1) is 0 Å². The van der Waals surface area contributed by atoms with E-state index in [2.05, 4.69) is 53.4 Å². The lowest BCUT2D eigenvalue weighted by atomic mass is 9.50. The van der Waals surface area contributed by atoms with Gasteiger partial charge in [-0.05, 0) is 81.4 Å². The molecule has 1 spiro atoms. The zero-order valence-corrected chi connectivity index (χ0v) is 20.8. The maximum Gasteiger partial charge on any atom is 0.165 e. The van der Waals surface area contributed by atoms with Crippen molar-refractivity contribution in [1.29, 1.82) is 0 Å². The van der Waals surface area contributed by atoms with E-state index in [1.165, 1.54) is 11.1 Å². The van der Waals surface area contributed by atoms with Gasteiger partial charge in [0.2, 0.25) is 0 Å². The van der Waals surface area contributed by atoms with Crippen LogP contribution in [0.25, 0.3) is 0 Å². The number of rotatable bonds is 3. The first-order valence-electron chi connectivity index (χ1n) is 12.3. The van der Waals surface area contributed by atoms with E-state index in [4.69, 9.17) is 4.74 Å². The summed E-state index contributed by atoms with van der Waals surface area (Å²) in [6.45, 7) is 19.8. The van der Waals surface area contributed by atoms with Crippen LogP contribution < -0.4 is 4.74 Å². The Morgan fingerprint density at radius 3 is 2.48 bits per heavy atom. The third kappa shape index (κ3) is 3.31. The SMILES string of the molecule is Cc1ccc(O)c2c1C13CCN(CC(C)C)C(C)C1C[C@H]([C@](C)(O)C(C)(C)C)C[C@@H]3O2. The van der Waals surface area contributed by atoms with Crippen LogP contribution in [0.3, 0.4) is 0 Å². The number of fused-ring (bicyclic) bond motifs is 1. The summed E-state index contributed by atoms with van der Waals surface area (Å²) in [5.74, 6) is 2.14. The molecule has 4 rings (SSSR count). The smallest absolute Gasteiger partial charge is 0.165 e. The molecule has 2 N–H and O–H groups in total. The molecule has 2 aliphatic heterocycles. The Hall–Kier alpha value is -1.26. The molecule has 1 saturated heterocycles. The van der Waals surface area contributed by atoms with Crippen LogP contribution in [0, 0.1) is 30.1 Å². The minimum atomic E-state index is -0.783. The largest absolute Gasteiger partial charge is 0.504 e. The maximum absolute atomic E-state index is 11.7. The summed E-state index contributed by atoms with van der Waals surface area (Å²) in [6.07, 6.45) is 2.90. The molecule has 0 amide bonds. The number of phenols is 1. The van der Waals surface area contributed by atoms with Crippen LogP contribution in [0.5, 0.6) is 11.5 Å². The predicted octanol–water partition coefficient (Wildman–Crippen LogP) is 5.27. The van der Waals surface area contributed by atoms with Gasteiger partial charge in [0, 0.05) is 23.6 Å². The van der Waals surface area contributed by atoms with Crippen molar-refractivity contribution in [2.24, 2.45) is 23.2 Å². The standard InChI is InChI=1S/C27H43NO3/c1-16(2)15-28-12-11-27-20(18(28)4)13-19(26(8,30)25(5,6)7)14-22(27)31-24-21(29)10-9-17(3)23(24)27/h9-10,16,18-20,22,29-30H,11-15H2,1-8H3/t18?,19-,20?,22-,26-,27?/m0/s1. The highest BCUT2D eigenvalue weighted by atomic mass is 16.5. The Morgan fingerprint density at radius 2 is 1.87 bits per heavy atom. The summed E-state index contributed by atoms with van der Waals surface area (Å²) >= 11 is 0. The summed E-state index contributed by atoms with van der Waals surface area (Å²) in [6, 6.07) is 4.24. The number of hydrogen-bond acceptors (Lipinski definition) is 4. The van der Waals surface area contributed by atoms with Gasteiger partial charge in [0.25, 0.3) is 0 Å². The molecule has 0 aromatic heterocycles. The predicted molar refractivity (Wildman–Crippen MR) is 126 cm³/mol. The van der Waals surface area contributed by atoms with Crippen molar-refractivity contribution in [2.75, 3.05) is 13.1 Å². The molecule has 4 nitrogen and oxygen atoms in total. The first-order valence-corrected chi connectivity index (χ1v) is 12.3. The number of hydrogen-bond donors (Lipinski definition) is 2. The second-order valence-corrected chi connectivity index (χ2v) is 12.3. The normalized spacial score (nSPS) is 35.2. The van der Waals surface area contributed by atoms with E-state index >= 15 is 0 Å². The summed E-state index contributed by atoms with van der Waals surface area (Å²) in [4.78, 5) is 2.65. The molecular weight excluding hydrogens is 386 g/mol. The monoisotopic (exact) mass is 429 g/mol. The number of phenolic OH excluding ortho intramolecular Hbond substituents is 1. The van der Waals surface area contributed by atoms with E-state index < -0.39 is 5.60 Å². The topological polar surface area (TPSA) is 52.9 Å². The molecule has 2 heterocycles. The fraction of sp³-hybridized carbons (Fsp3) is 0.778. The number of aromatic hydroxyl groups is 1. The average Bonchev–Trinajstić information content (AvgIpc) is 3.00. The lowest BCUT2D eigenvalue weighted by Crippen LogP contribution is -2.64. The van der Waals surface area contributed by atoms with Crippen molar-refractivity contribution in [3.8, 4) is 11.5 Å². The van der Waals surface area contributed by atoms with Gasteiger partial charge in [-0.25, -0.2) is 0 Å². The zero-order chi connectivity index (χ0) is 22.9. The van der Waals surface area contributed by atoms with E-state index in [0.717, 1.165) is 32.4 Å². The number of aryl methyl sites for hydroxylation is 1. The second-order valence-electron chi connectivity index (χ2n) is 12.3. The van der Waals surface area contributed by atoms with Crippen LogP contribution in [0.2, 0.25) is 0 Å². The first kappa shape index (κ1) is 22.9. The highest BCUT2D eigenvalue weighted by Gasteiger charge is 2.64. The first-order chi connectivity index (χ1) is 14.3. The molecule has 6 atom stereocenters. The van der Waals surface area contributed by atoms with Crippen LogP contribution in [-0.4, -0.2) is 45.9 Å². The molecule has 174 valence electrons. The summed E-state index contributed by atoms with van der Waals surface area (Å²) in [5.41, 5.74) is 1.40. The van der Waals surface area contributed by atoms with Crippen LogP contribution in [0.1, 0.15) is 78.9 Å². The van der Waals surface area contributed by atoms with Gasteiger partial charge in [-0.2, -0.15) is 0 Å². The second kappa shape index (κ2) is 7.38. The van der Waals surface area contributed by atoms with Crippen molar-refractivity contribution >= 4 is 0 Å². The van der Waals surface area contributed by atoms with E-state index in [1.54, 1.807) is 6.07 Å². The van der Waals surface area contributed by atoms with Gasteiger partial charge in [-0.3, -0.25) is 0 Å². The Balaban J connectivity index is 1.82. The summed E-state index contributed by atoms with van der Waals surface area (Å²) < 4.78 is 6.61. The van der Waals surface area contributed by atoms with Crippen molar-refractivity contribution in [2.45, 2.75) is 97.8 Å². The Morgan fingerprint density at radius 1 is 1.19 bits per heavy atom. The van der Waals surface area contributed by atoms with Gasteiger partial charge in [-0.1, -0.05) is 40.7 Å². The molecule has 1 aromatic rings. The van der Waals surface area contributed by atoms with Gasteiger partial charge in [0.15, 0.2) is 11.5 Å². The number of ether oxygens (including phenoxy) is 1.